The predicted octanol–water partition coefficient (Wildman–Crippen LogP) is 2.19. The number of likely N-dealkylation sites (tertiary alicyclic amines) is 1. The minimum absolute atomic E-state index is 0.125. The molecule has 2 aliphatic rings. The Labute approximate surface area is 161 Å². The lowest BCUT2D eigenvalue weighted by Gasteiger charge is -2.19. The third kappa shape index (κ3) is 3.78. The number of hydrogen-bond donors (Lipinski definition) is 1. The second-order valence-electron chi connectivity index (χ2n) is 6.93. The van der Waals surface area contributed by atoms with Crippen molar-refractivity contribution in [3.05, 3.63) is 24.3 Å². The van der Waals surface area contributed by atoms with Gasteiger partial charge in [0.05, 0.1) is 22.4 Å². The molecule has 1 saturated carbocycles. The molecule has 1 aliphatic carbocycles. The van der Waals surface area contributed by atoms with Gasteiger partial charge in [0.1, 0.15) is 0 Å². The second kappa shape index (κ2) is 7.94. The summed E-state index contributed by atoms with van der Waals surface area (Å²) in [6.07, 6.45) is 2.86. The van der Waals surface area contributed by atoms with Gasteiger partial charge in [0.2, 0.25) is 27.6 Å². The maximum absolute atomic E-state index is 12.8. The zero-order valence-corrected chi connectivity index (χ0v) is 15.8. The number of nitrogens with one attached hydrogen (secondary N) is 1. The Bertz CT molecular complexity index is 879. The number of para-hydroxylation sites is 1. The molecule has 0 radical (unpaired) electrons. The number of benzene rings is 1. The Morgan fingerprint density at radius 3 is 2.25 bits per heavy atom. The highest BCUT2D eigenvalue weighted by Crippen LogP contribution is 2.38. The molecule has 3 rings (SSSR count). The normalized spacial score (nSPS) is 22.5. The minimum atomic E-state index is -4.88. The fourth-order valence-electron chi connectivity index (χ4n) is 3.79. The molecule has 10 heteroatoms. The van der Waals surface area contributed by atoms with Gasteiger partial charge in [-0.2, -0.15) is 8.78 Å². The Morgan fingerprint density at radius 1 is 1.11 bits per heavy atom. The van der Waals surface area contributed by atoms with E-state index in [0.717, 1.165) is 23.8 Å². The van der Waals surface area contributed by atoms with Crippen LogP contribution in [0.25, 0.3) is 0 Å². The molecule has 2 fully saturated rings. The first-order chi connectivity index (χ1) is 13.2. The number of rotatable bonds is 6. The lowest BCUT2D eigenvalue weighted by atomic mass is 9.81. The van der Waals surface area contributed by atoms with E-state index >= 15 is 0 Å². The van der Waals surface area contributed by atoms with Crippen LogP contribution in [0.5, 0.6) is 0 Å². The van der Waals surface area contributed by atoms with Gasteiger partial charge in [-0.05, 0) is 25.0 Å². The van der Waals surface area contributed by atoms with Gasteiger partial charge in [0, 0.05) is 13.0 Å². The summed E-state index contributed by atoms with van der Waals surface area (Å²) in [5.41, 5.74) is -0.263. The Balaban J connectivity index is 1.66. The number of sulfone groups is 1. The molecule has 2 atom stereocenters. The monoisotopic (exact) mass is 414 g/mol. The van der Waals surface area contributed by atoms with Crippen molar-refractivity contribution >= 4 is 33.2 Å². The van der Waals surface area contributed by atoms with Gasteiger partial charge in [-0.25, -0.2) is 8.42 Å². The third-order valence-corrected chi connectivity index (χ3v) is 6.64. The average molecular weight is 414 g/mol. The number of imide groups is 1. The number of halogens is 2. The highest BCUT2D eigenvalue weighted by molar-refractivity contribution is 7.91. The molecule has 0 bridgehead atoms. The topological polar surface area (TPSA) is 101 Å². The van der Waals surface area contributed by atoms with Crippen molar-refractivity contribution in [2.75, 3.05) is 11.9 Å². The summed E-state index contributed by atoms with van der Waals surface area (Å²) in [7, 11) is -4.88. The molecule has 7 nitrogen and oxygen atoms in total. The van der Waals surface area contributed by atoms with E-state index in [-0.39, 0.29) is 42.3 Å². The molecule has 1 aromatic carbocycles. The number of anilines is 1. The van der Waals surface area contributed by atoms with Crippen molar-refractivity contribution in [3.8, 4) is 0 Å². The molecule has 0 spiro atoms. The van der Waals surface area contributed by atoms with Crippen LogP contribution in [0.4, 0.5) is 14.5 Å². The van der Waals surface area contributed by atoms with Crippen molar-refractivity contribution in [1.82, 2.24) is 4.90 Å². The van der Waals surface area contributed by atoms with Crippen LogP contribution in [-0.2, 0) is 24.2 Å². The van der Waals surface area contributed by atoms with Crippen molar-refractivity contribution in [3.63, 3.8) is 0 Å². The van der Waals surface area contributed by atoms with Gasteiger partial charge in [-0.15, -0.1) is 0 Å². The number of alkyl halides is 2. The summed E-state index contributed by atoms with van der Waals surface area (Å²) >= 11 is 0. The van der Waals surface area contributed by atoms with Crippen LogP contribution in [0.3, 0.4) is 0 Å². The largest absolute Gasteiger partial charge is 0.341 e. The fourth-order valence-corrected chi connectivity index (χ4v) is 4.68. The van der Waals surface area contributed by atoms with Crippen LogP contribution in [0.2, 0.25) is 0 Å². The lowest BCUT2D eigenvalue weighted by Crippen LogP contribution is -2.34. The highest BCUT2D eigenvalue weighted by Gasteiger charge is 2.47. The Hall–Kier alpha value is -2.36. The maximum atomic E-state index is 12.8. The summed E-state index contributed by atoms with van der Waals surface area (Å²) in [6.45, 7) is -0.125. The van der Waals surface area contributed by atoms with E-state index < -0.39 is 26.4 Å². The standard InChI is InChI=1S/C18H20F2N2O5S/c19-18(20)28(26,27)14-8-4-3-7-13(14)21-15(23)9-10-22-16(24)11-5-1-2-6-12(11)17(22)25/h3-4,7-8,11-12,18H,1-2,5-6,9-10H2,(H,21,23)/t11-,12+. The number of nitrogens with zero attached hydrogens (tertiary/aromatic N) is 1. The summed E-state index contributed by atoms with van der Waals surface area (Å²) < 4.78 is 49.1. The molecule has 152 valence electrons. The van der Waals surface area contributed by atoms with Crippen LogP contribution in [0, 0.1) is 11.8 Å². The van der Waals surface area contributed by atoms with Crippen LogP contribution < -0.4 is 5.32 Å². The first-order valence-electron chi connectivity index (χ1n) is 8.99. The average Bonchev–Trinajstić information content (AvgIpc) is 2.91. The molecule has 1 heterocycles. The molecular formula is C18H20F2N2O5S. The molecule has 1 aromatic rings. The molecule has 1 N–H and O–H groups in total. The summed E-state index contributed by atoms with van der Waals surface area (Å²) in [6, 6.07) is 4.86. The first kappa shape index (κ1) is 20.4. The minimum Gasteiger partial charge on any atom is -0.325 e. The molecule has 3 amide bonds. The number of carbonyl (C=O) groups is 3. The van der Waals surface area contributed by atoms with Gasteiger partial charge in [-0.1, -0.05) is 25.0 Å². The van der Waals surface area contributed by atoms with Gasteiger partial charge in [0.15, 0.2) is 0 Å². The van der Waals surface area contributed by atoms with E-state index in [1.54, 1.807) is 0 Å². The quantitative estimate of drug-likeness (QED) is 0.719. The third-order valence-electron chi connectivity index (χ3n) is 5.20. The Kier molecular flexibility index (Phi) is 5.78. The van der Waals surface area contributed by atoms with Crippen molar-refractivity contribution < 1.29 is 31.6 Å². The van der Waals surface area contributed by atoms with Gasteiger partial charge in [0.25, 0.3) is 0 Å². The zero-order chi connectivity index (χ0) is 20.5. The highest BCUT2D eigenvalue weighted by atomic mass is 32.2. The number of hydrogen-bond acceptors (Lipinski definition) is 5. The van der Waals surface area contributed by atoms with E-state index in [1.807, 2.05) is 0 Å². The second-order valence-corrected chi connectivity index (χ2v) is 8.81. The molecular weight excluding hydrogens is 394 g/mol. The van der Waals surface area contributed by atoms with Crippen LogP contribution in [0.15, 0.2) is 29.2 Å². The van der Waals surface area contributed by atoms with E-state index in [0.29, 0.717) is 12.8 Å². The SMILES string of the molecule is O=C(CCN1C(=O)[C@H]2CCCC[C@H]2C1=O)Nc1ccccc1S(=O)(=O)C(F)F. The summed E-state index contributed by atoms with van der Waals surface area (Å²) in [4.78, 5) is 37.4. The first-order valence-corrected chi connectivity index (χ1v) is 10.5. The van der Waals surface area contributed by atoms with Crippen molar-refractivity contribution in [2.45, 2.75) is 42.8 Å². The summed E-state index contributed by atoms with van der Waals surface area (Å²) in [5.74, 6) is -5.48. The molecule has 28 heavy (non-hydrogen) atoms. The molecule has 0 unspecified atom stereocenters. The van der Waals surface area contributed by atoms with Crippen LogP contribution in [-0.4, -0.2) is 43.3 Å². The molecule has 1 aliphatic heterocycles. The zero-order valence-electron chi connectivity index (χ0n) is 14.9. The van der Waals surface area contributed by atoms with Crippen LogP contribution in [0.1, 0.15) is 32.1 Å². The Morgan fingerprint density at radius 2 is 1.68 bits per heavy atom. The van der Waals surface area contributed by atoms with E-state index in [2.05, 4.69) is 5.32 Å². The van der Waals surface area contributed by atoms with E-state index in [4.69, 9.17) is 0 Å². The van der Waals surface area contributed by atoms with Gasteiger partial charge in [-0.3, -0.25) is 19.3 Å². The van der Waals surface area contributed by atoms with Crippen LogP contribution >= 0.6 is 0 Å². The van der Waals surface area contributed by atoms with Crippen molar-refractivity contribution in [2.24, 2.45) is 11.8 Å². The number of carbonyl (C=O) groups excluding carboxylic acids is 3. The summed E-state index contributed by atoms with van der Waals surface area (Å²) in [5, 5.41) is 2.29. The molecule has 1 saturated heterocycles. The predicted molar refractivity (Wildman–Crippen MR) is 95.0 cm³/mol. The number of amides is 3. The molecule has 0 aromatic heterocycles. The smallest absolute Gasteiger partial charge is 0.325 e. The van der Waals surface area contributed by atoms with E-state index in [9.17, 15) is 31.6 Å². The number of fused-ring (bicyclic) bond motifs is 1. The van der Waals surface area contributed by atoms with E-state index in [1.165, 1.54) is 18.2 Å². The van der Waals surface area contributed by atoms with Gasteiger partial charge >= 0.3 is 5.76 Å². The fraction of sp³-hybridized carbons (Fsp3) is 0.500. The maximum Gasteiger partial charge on any atom is 0.341 e. The van der Waals surface area contributed by atoms with Gasteiger partial charge < -0.3 is 5.32 Å². The lowest BCUT2D eigenvalue weighted by molar-refractivity contribution is -0.140. The van der Waals surface area contributed by atoms with Crippen molar-refractivity contribution in [1.29, 1.82) is 0 Å².